The molecule has 19 heavy (non-hydrogen) atoms. The van der Waals surface area contributed by atoms with E-state index in [1.54, 1.807) is 7.11 Å². The summed E-state index contributed by atoms with van der Waals surface area (Å²) in [7, 11) is 1.80. The fraction of sp³-hybridized carbons (Fsp3) is 1.00. The molecule has 0 atom stereocenters. The van der Waals surface area contributed by atoms with Crippen LogP contribution < -0.4 is 5.32 Å². The van der Waals surface area contributed by atoms with Crippen LogP contribution in [0.5, 0.6) is 0 Å². The van der Waals surface area contributed by atoms with Gasteiger partial charge in [-0.25, -0.2) is 0 Å². The van der Waals surface area contributed by atoms with Gasteiger partial charge in [-0.05, 0) is 59.5 Å². The molecule has 0 unspecified atom stereocenters. The number of ether oxygens (including phenoxy) is 1. The van der Waals surface area contributed by atoms with E-state index in [4.69, 9.17) is 4.74 Å². The average Bonchev–Trinajstić information content (AvgIpc) is 3.14. The van der Waals surface area contributed by atoms with E-state index >= 15 is 0 Å². The molecule has 1 N–H and O–H groups in total. The van der Waals surface area contributed by atoms with Crippen LogP contribution >= 0.6 is 0 Å². The Bertz CT molecular complexity index is 221. The molecule has 1 rings (SSSR count). The first-order chi connectivity index (χ1) is 9.03. The van der Waals surface area contributed by atoms with E-state index in [0.29, 0.717) is 0 Å². The maximum absolute atomic E-state index is 5.19. The van der Waals surface area contributed by atoms with Gasteiger partial charge < -0.3 is 10.1 Å². The number of hydrogen-bond donors (Lipinski definition) is 1. The second-order valence-corrected chi connectivity index (χ2v) is 6.85. The Labute approximate surface area is 120 Å². The summed E-state index contributed by atoms with van der Waals surface area (Å²) in [5.41, 5.74) is 0.267. The third-order valence-electron chi connectivity index (χ3n) is 3.67. The summed E-state index contributed by atoms with van der Waals surface area (Å²) in [4.78, 5) is 2.62. The summed E-state index contributed by atoms with van der Waals surface area (Å²) in [6.07, 6.45) is 8.17. The van der Waals surface area contributed by atoms with Crippen LogP contribution in [-0.2, 0) is 4.74 Å². The fourth-order valence-corrected chi connectivity index (χ4v) is 2.38. The Morgan fingerprint density at radius 3 is 2.32 bits per heavy atom. The third kappa shape index (κ3) is 9.42. The zero-order valence-corrected chi connectivity index (χ0v) is 13.5. The minimum absolute atomic E-state index is 0.267. The predicted molar refractivity (Wildman–Crippen MR) is 82.7 cm³/mol. The first kappa shape index (κ1) is 16.9. The van der Waals surface area contributed by atoms with Gasteiger partial charge in [0, 0.05) is 25.2 Å². The number of nitrogens with zero attached hydrogens (tertiary/aromatic N) is 1. The van der Waals surface area contributed by atoms with Gasteiger partial charge >= 0.3 is 0 Å². The lowest BCUT2D eigenvalue weighted by Crippen LogP contribution is -2.36. The minimum Gasteiger partial charge on any atom is -0.383 e. The molecule has 0 saturated heterocycles. The van der Waals surface area contributed by atoms with E-state index < -0.39 is 0 Å². The molecule has 3 heteroatoms. The Morgan fingerprint density at radius 2 is 1.74 bits per heavy atom. The average molecular weight is 270 g/mol. The molecule has 0 amide bonds. The van der Waals surface area contributed by atoms with Gasteiger partial charge in [0.1, 0.15) is 0 Å². The zero-order chi connectivity index (χ0) is 14.1. The molecule has 0 heterocycles. The van der Waals surface area contributed by atoms with Crippen LogP contribution in [0.15, 0.2) is 0 Å². The van der Waals surface area contributed by atoms with Crippen molar-refractivity contribution in [2.24, 2.45) is 0 Å². The van der Waals surface area contributed by atoms with Crippen LogP contribution in [0, 0.1) is 0 Å². The monoisotopic (exact) mass is 270 g/mol. The first-order valence-corrected chi connectivity index (χ1v) is 8.01. The molecule has 1 aliphatic carbocycles. The summed E-state index contributed by atoms with van der Waals surface area (Å²) >= 11 is 0. The van der Waals surface area contributed by atoms with E-state index in [0.717, 1.165) is 25.7 Å². The van der Waals surface area contributed by atoms with Crippen molar-refractivity contribution in [1.29, 1.82) is 0 Å². The highest BCUT2D eigenvalue weighted by atomic mass is 16.5. The molecule has 0 aromatic carbocycles. The van der Waals surface area contributed by atoms with Crippen LogP contribution in [-0.4, -0.2) is 49.8 Å². The molecule has 0 aromatic heterocycles. The number of methoxy groups -OCH3 is 1. The number of nitrogens with one attached hydrogen (secondary N) is 1. The molecule has 0 spiro atoms. The van der Waals surface area contributed by atoms with Crippen molar-refractivity contribution in [3.8, 4) is 0 Å². The van der Waals surface area contributed by atoms with Crippen molar-refractivity contribution in [3.05, 3.63) is 0 Å². The lowest BCUT2D eigenvalue weighted by molar-refractivity contribution is 0.142. The maximum Gasteiger partial charge on any atom is 0.0589 e. The number of unbranched alkanes of at least 4 members (excludes halogenated alkanes) is 3. The Kier molecular flexibility index (Phi) is 7.96. The lowest BCUT2D eigenvalue weighted by Gasteiger charge is -2.22. The molecule has 3 nitrogen and oxygen atoms in total. The topological polar surface area (TPSA) is 24.5 Å². The highest BCUT2D eigenvalue weighted by molar-refractivity contribution is 4.84. The maximum atomic E-state index is 5.19. The van der Waals surface area contributed by atoms with Crippen molar-refractivity contribution in [3.63, 3.8) is 0 Å². The molecule has 1 saturated carbocycles. The molecule has 0 aromatic rings. The summed E-state index contributed by atoms with van der Waals surface area (Å²) < 4.78 is 5.19. The summed E-state index contributed by atoms with van der Waals surface area (Å²) in [5.74, 6) is 0. The minimum atomic E-state index is 0.267. The molecular formula is C16H34N2O. The van der Waals surface area contributed by atoms with Crippen LogP contribution in [0.2, 0.25) is 0 Å². The summed E-state index contributed by atoms with van der Waals surface area (Å²) in [5, 5.41) is 3.55. The highest BCUT2D eigenvalue weighted by Gasteiger charge is 2.27. The molecular weight excluding hydrogens is 236 g/mol. The molecule has 0 radical (unpaired) electrons. The van der Waals surface area contributed by atoms with Crippen molar-refractivity contribution in [2.45, 2.75) is 70.9 Å². The number of hydrogen-bond acceptors (Lipinski definition) is 3. The second kappa shape index (κ2) is 8.93. The Morgan fingerprint density at radius 1 is 1.05 bits per heavy atom. The fourth-order valence-electron chi connectivity index (χ4n) is 2.38. The second-order valence-electron chi connectivity index (χ2n) is 6.85. The first-order valence-electron chi connectivity index (χ1n) is 8.01. The van der Waals surface area contributed by atoms with Gasteiger partial charge in [0.25, 0.3) is 0 Å². The van der Waals surface area contributed by atoms with E-state index in [-0.39, 0.29) is 5.54 Å². The van der Waals surface area contributed by atoms with Gasteiger partial charge in [-0.15, -0.1) is 0 Å². The Hall–Kier alpha value is -0.120. The van der Waals surface area contributed by atoms with Gasteiger partial charge in [0.05, 0.1) is 6.61 Å². The van der Waals surface area contributed by atoms with E-state index in [2.05, 4.69) is 31.0 Å². The smallest absolute Gasteiger partial charge is 0.0589 e. The predicted octanol–water partition coefficient (Wildman–Crippen LogP) is 3.05. The lowest BCUT2D eigenvalue weighted by atomic mass is 10.1. The highest BCUT2D eigenvalue weighted by Crippen LogP contribution is 2.26. The third-order valence-corrected chi connectivity index (χ3v) is 3.67. The quantitative estimate of drug-likeness (QED) is 0.584. The van der Waals surface area contributed by atoms with E-state index in [1.807, 2.05) is 0 Å². The van der Waals surface area contributed by atoms with Crippen LogP contribution in [0.4, 0.5) is 0 Å². The van der Waals surface area contributed by atoms with Crippen molar-refractivity contribution >= 4 is 0 Å². The van der Waals surface area contributed by atoms with Crippen LogP contribution in [0.3, 0.4) is 0 Å². The van der Waals surface area contributed by atoms with Crippen LogP contribution in [0.25, 0.3) is 0 Å². The SMILES string of the molecule is COCCN(CCCCCCNC(C)(C)C)C1CC1. The van der Waals surface area contributed by atoms with E-state index in [9.17, 15) is 0 Å². The molecule has 114 valence electrons. The molecule has 0 bridgehead atoms. The standard InChI is InChI=1S/C16H34N2O/c1-16(2,3)17-11-7-5-6-8-12-18(13-14-19-4)15-9-10-15/h15,17H,5-14H2,1-4H3. The van der Waals surface area contributed by atoms with Crippen molar-refractivity contribution in [1.82, 2.24) is 10.2 Å². The van der Waals surface area contributed by atoms with Crippen molar-refractivity contribution < 1.29 is 4.74 Å². The van der Waals surface area contributed by atoms with Gasteiger partial charge in [-0.3, -0.25) is 4.90 Å². The van der Waals surface area contributed by atoms with Gasteiger partial charge in [0.15, 0.2) is 0 Å². The molecule has 0 aliphatic heterocycles. The Balaban J connectivity index is 1.93. The number of rotatable bonds is 11. The van der Waals surface area contributed by atoms with Gasteiger partial charge in [-0.1, -0.05) is 12.8 Å². The normalized spacial score (nSPS) is 16.3. The molecule has 1 aliphatic rings. The molecule has 1 fully saturated rings. The van der Waals surface area contributed by atoms with Gasteiger partial charge in [-0.2, -0.15) is 0 Å². The van der Waals surface area contributed by atoms with Crippen LogP contribution in [0.1, 0.15) is 59.3 Å². The van der Waals surface area contributed by atoms with Gasteiger partial charge in [0.2, 0.25) is 0 Å². The zero-order valence-electron chi connectivity index (χ0n) is 13.5. The van der Waals surface area contributed by atoms with Crippen molar-refractivity contribution in [2.75, 3.05) is 33.4 Å². The van der Waals surface area contributed by atoms with E-state index in [1.165, 1.54) is 45.1 Å². The summed E-state index contributed by atoms with van der Waals surface area (Å²) in [6.45, 7) is 11.1. The summed E-state index contributed by atoms with van der Waals surface area (Å²) in [6, 6.07) is 0.873. The largest absolute Gasteiger partial charge is 0.383 e.